The van der Waals surface area contributed by atoms with E-state index in [-0.39, 0.29) is 36.2 Å². The van der Waals surface area contributed by atoms with Crippen molar-refractivity contribution in [3.05, 3.63) is 12.2 Å². The zero-order valence-electron chi connectivity index (χ0n) is 8.72. The minimum atomic E-state index is -0.236. The van der Waals surface area contributed by atoms with Crippen LogP contribution in [0.25, 0.3) is 0 Å². The molecule has 0 spiro atoms. The van der Waals surface area contributed by atoms with Gasteiger partial charge in [0.15, 0.2) is 0 Å². The van der Waals surface area contributed by atoms with Gasteiger partial charge >= 0.3 is 0 Å². The molecule has 0 saturated carbocycles. The first-order valence-electron chi connectivity index (χ1n) is 5.25. The van der Waals surface area contributed by atoms with Gasteiger partial charge in [-0.3, -0.25) is 14.5 Å². The number of fused-ring (bicyclic) bond motifs is 1. The minimum absolute atomic E-state index is 0.0233. The van der Waals surface area contributed by atoms with Crippen molar-refractivity contribution in [1.82, 2.24) is 4.90 Å². The maximum atomic E-state index is 11.8. The van der Waals surface area contributed by atoms with Gasteiger partial charge in [0.25, 0.3) is 0 Å². The van der Waals surface area contributed by atoms with E-state index in [4.69, 9.17) is 5.11 Å². The van der Waals surface area contributed by atoms with Crippen LogP contribution >= 0.6 is 0 Å². The molecule has 0 bridgehead atoms. The van der Waals surface area contributed by atoms with Gasteiger partial charge in [0, 0.05) is 13.7 Å². The monoisotopic (exact) mass is 209 g/mol. The third-order valence-electron chi connectivity index (χ3n) is 3.39. The van der Waals surface area contributed by atoms with Crippen molar-refractivity contribution in [2.75, 3.05) is 13.7 Å². The van der Waals surface area contributed by atoms with Gasteiger partial charge in [0.2, 0.25) is 11.8 Å². The molecule has 1 aliphatic carbocycles. The Morgan fingerprint density at radius 2 is 2.20 bits per heavy atom. The van der Waals surface area contributed by atoms with Gasteiger partial charge in [-0.15, -0.1) is 0 Å². The lowest BCUT2D eigenvalue weighted by molar-refractivity contribution is -0.138. The second kappa shape index (κ2) is 3.77. The summed E-state index contributed by atoms with van der Waals surface area (Å²) in [4.78, 5) is 24.8. The molecule has 0 aromatic rings. The molecule has 4 heteroatoms. The summed E-state index contributed by atoms with van der Waals surface area (Å²) in [6.07, 6.45) is 5.12. The van der Waals surface area contributed by atoms with Crippen molar-refractivity contribution in [3.8, 4) is 0 Å². The molecule has 0 unspecified atom stereocenters. The second-order valence-corrected chi connectivity index (χ2v) is 4.21. The Balaban J connectivity index is 2.26. The third kappa shape index (κ3) is 1.49. The van der Waals surface area contributed by atoms with Crippen LogP contribution in [0.5, 0.6) is 0 Å². The Morgan fingerprint density at radius 1 is 1.47 bits per heavy atom. The Hall–Kier alpha value is -1.16. The number of amides is 2. The molecule has 4 nitrogen and oxygen atoms in total. The van der Waals surface area contributed by atoms with Crippen LogP contribution in [-0.4, -0.2) is 35.5 Å². The number of rotatable bonds is 2. The molecule has 3 atom stereocenters. The number of carbonyl (C=O) groups excluding carboxylic acids is 2. The normalized spacial score (nSPS) is 34.8. The zero-order valence-corrected chi connectivity index (χ0v) is 8.72. The summed E-state index contributed by atoms with van der Waals surface area (Å²) >= 11 is 0. The molecule has 2 rings (SSSR count). The molecule has 2 aliphatic rings. The highest BCUT2D eigenvalue weighted by molar-refractivity contribution is 6.05. The summed E-state index contributed by atoms with van der Waals surface area (Å²) in [5, 5.41) is 8.91. The van der Waals surface area contributed by atoms with Crippen molar-refractivity contribution in [2.24, 2.45) is 17.8 Å². The number of likely N-dealkylation sites (tertiary alicyclic amines) is 1. The van der Waals surface area contributed by atoms with Gasteiger partial charge in [-0.25, -0.2) is 0 Å². The zero-order chi connectivity index (χ0) is 11.0. The van der Waals surface area contributed by atoms with Gasteiger partial charge in [-0.05, 0) is 18.8 Å². The van der Waals surface area contributed by atoms with Gasteiger partial charge in [-0.2, -0.15) is 0 Å². The molecule has 1 N–H and O–H groups in total. The lowest BCUT2D eigenvalue weighted by atomic mass is 9.76. The van der Waals surface area contributed by atoms with Crippen LogP contribution in [0, 0.1) is 17.8 Å². The predicted molar refractivity (Wildman–Crippen MR) is 53.7 cm³/mol. The Bertz CT molecular complexity index is 324. The van der Waals surface area contributed by atoms with E-state index >= 15 is 0 Å². The summed E-state index contributed by atoms with van der Waals surface area (Å²) in [7, 11) is 1.54. The van der Waals surface area contributed by atoms with Crippen LogP contribution < -0.4 is 0 Å². The van der Waals surface area contributed by atoms with Crippen molar-refractivity contribution in [3.63, 3.8) is 0 Å². The molecular weight excluding hydrogens is 194 g/mol. The van der Waals surface area contributed by atoms with Crippen molar-refractivity contribution in [2.45, 2.75) is 12.8 Å². The topological polar surface area (TPSA) is 57.6 Å². The van der Waals surface area contributed by atoms with E-state index in [9.17, 15) is 9.59 Å². The summed E-state index contributed by atoms with van der Waals surface area (Å²) in [6, 6.07) is 0. The second-order valence-electron chi connectivity index (χ2n) is 4.21. The fraction of sp³-hybridized carbons (Fsp3) is 0.636. The fourth-order valence-corrected chi connectivity index (χ4v) is 2.58. The molecule has 0 radical (unpaired) electrons. The Labute approximate surface area is 88.6 Å². The number of nitrogens with zero attached hydrogens (tertiary/aromatic N) is 1. The van der Waals surface area contributed by atoms with Crippen LogP contribution in [0.1, 0.15) is 12.8 Å². The van der Waals surface area contributed by atoms with E-state index in [2.05, 4.69) is 0 Å². The van der Waals surface area contributed by atoms with E-state index in [1.807, 2.05) is 12.2 Å². The van der Waals surface area contributed by atoms with Crippen molar-refractivity contribution in [1.29, 1.82) is 0 Å². The quantitative estimate of drug-likeness (QED) is 0.521. The largest absolute Gasteiger partial charge is 0.396 e. The summed E-state index contributed by atoms with van der Waals surface area (Å²) in [5.74, 6) is -0.566. The van der Waals surface area contributed by atoms with Crippen LogP contribution in [0.15, 0.2) is 12.2 Å². The first-order chi connectivity index (χ1) is 7.16. The van der Waals surface area contributed by atoms with Crippen molar-refractivity contribution >= 4 is 11.8 Å². The Morgan fingerprint density at radius 3 is 2.87 bits per heavy atom. The number of allylic oxidation sites excluding steroid dienone is 2. The Kier molecular flexibility index (Phi) is 2.61. The first-order valence-corrected chi connectivity index (χ1v) is 5.25. The molecule has 1 saturated heterocycles. The van der Waals surface area contributed by atoms with Crippen molar-refractivity contribution < 1.29 is 14.7 Å². The van der Waals surface area contributed by atoms with Crippen LogP contribution in [-0.2, 0) is 9.59 Å². The van der Waals surface area contributed by atoms with E-state index in [0.29, 0.717) is 12.8 Å². The number of hydrogen-bond acceptors (Lipinski definition) is 3. The number of hydrogen-bond donors (Lipinski definition) is 1. The highest BCUT2D eigenvalue weighted by atomic mass is 16.3. The van der Waals surface area contributed by atoms with E-state index in [0.717, 1.165) is 0 Å². The maximum Gasteiger partial charge on any atom is 0.233 e. The average Bonchev–Trinajstić information content (AvgIpc) is 2.46. The van der Waals surface area contributed by atoms with Crippen LogP contribution in [0.4, 0.5) is 0 Å². The average molecular weight is 209 g/mol. The summed E-state index contributed by atoms with van der Waals surface area (Å²) in [5.41, 5.74) is 0. The standard InChI is InChI=1S/C11H15NO3/c1-12-10(14)8-4-2-3-7(5-6-13)9(8)11(12)15/h2-3,7-9,13H,4-6H2,1H3/t7-,8-,9-/m0/s1. The lowest BCUT2D eigenvalue weighted by Crippen LogP contribution is -2.29. The third-order valence-corrected chi connectivity index (χ3v) is 3.39. The molecule has 1 aliphatic heterocycles. The predicted octanol–water partition coefficient (Wildman–Crippen LogP) is 0.176. The van der Waals surface area contributed by atoms with Gasteiger partial charge < -0.3 is 5.11 Å². The minimum Gasteiger partial charge on any atom is -0.396 e. The number of imide groups is 1. The summed E-state index contributed by atoms with van der Waals surface area (Å²) < 4.78 is 0. The summed E-state index contributed by atoms with van der Waals surface area (Å²) in [6.45, 7) is 0.0589. The maximum absolute atomic E-state index is 11.8. The van der Waals surface area contributed by atoms with Gasteiger partial charge in [-0.1, -0.05) is 12.2 Å². The highest BCUT2D eigenvalue weighted by Crippen LogP contribution is 2.39. The van der Waals surface area contributed by atoms with E-state index < -0.39 is 0 Å². The lowest BCUT2D eigenvalue weighted by Gasteiger charge is -2.25. The first kappa shape index (κ1) is 10.4. The van der Waals surface area contributed by atoms with Gasteiger partial charge in [0.05, 0.1) is 11.8 Å². The molecule has 82 valence electrons. The molecule has 1 fully saturated rings. The molecule has 15 heavy (non-hydrogen) atoms. The van der Waals surface area contributed by atoms with E-state index in [1.54, 1.807) is 7.05 Å². The highest BCUT2D eigenvalue weighted by Gasteiger charge is 2.49. The molecule has 0 aromatic carbocycles. The SMILES string of the molecule is CN1C(=O)[C@@H]2[C@H](CC=C[C@H]2CCO)C1=O. The number of aliphatic hydroxyl groups excluding tert-OH is 1. The number of aliphatic hydroxyl groups is 1. The fourth-order valence-electron chi connectivity index (χ4n) is 2.58. The molecule has 1 heterocycles. The van der Waals surface area contributed by atoms with E-state index in [1.165, 1.54) is 4.90 Å². The molecule has 0 aromatic heterocycles. The van der Waals surface area contributed by atoms with Gasteiger partial charge in [0.1, 0.15) is 0 Å². The van der Waals surface area contributed by atoms with Crippen LogP contribution in [0.3, 0.4) is 0 Å². The molecule has 2 amide bonds. The smallest absolute Gasteiger partial charge is 0.233 e. The van der Waals surface area contributed by atoms with Crippen LogP contribution in [0.2, 0.25) is 0 Å². The number of carbonyl (C=O) groups is 2. The molecular formula is C11H15NO3.